The van der Waals surface area contributed by atoms with Gasteiger partial charge in [-0.1, -0.05) is 42.8 Å². The van der Waals surface area contributed by atoms with Gasteiger partial charge in [0.05, 0.1) is 0 Å². The van der Waals surface area contributed by atoms with Crippen molar-refractivity contribution in [3.63, 3.8) is 0 Å². The number of carbonyl (C=O) groups excluding carboxylic acids is 1. The summed E-state index contributed by atoms with van der Waals surface area (Å²) in [6, 6.07) is 13.7. The number of nitrogens with one attached hydrogen (secondary N) is 1. The van der Waals surface area contributed by atoms with E-state index in [1.807, 2.05) is 56.3 Å². The number of anilines is 1. The SMILES string of the molecule is CCc1cccc(C)c1NC(=O)COc1ccc(C)cc1. The third-order valence-electron chi connectivity index (χ3n) is 3.40. The smallest absolute Gasteiger partial charge is 0.262 e. The molecule has 0 saturated carbocycles. The Morgan fingerprint density at radius 3 is 2.48 bits per heavy atom. The lowest BCUT2D eigenvalue weighted by Crippen LogP contribution is -2.21. The number of para-hydroxylation sites is 1. The molecule has 0 spiro atoms. The molecular weight excluding hydrogens is 262 g/mol. The first-order valence-electron chi connectivity index (χ1n) is 7.18. The second kappa shape index (κ2) is 6.93. The lowest BCUT2D eigenvalue weighted by molar-refractivity contribution is -0.118. The van der Waals surface area contributed by atoms with E-state index in [0.717, 1.165) is 23.2 Å². The highest BCUT2D eigenvalue weighted by atomic mass is 16.5. The Balaban J connectivity index is 1.97. The standard InChI is InChI=1S/C18H21NO2/c1-4-15-7-5-6-14(3)18(15)19-17(20)12-21-16-10-8-13(2)9-11-16/h5-11H,4,12H2,1-3H3,(H,19,20). The molecule has 0 fully saturated rings. The average Bonchev–Trinajstić information content (AvgIpc) is 2.49. The molecule has 0 aromatic heterocycles. The van der Waals surface area contributed by atoms with Crippen LogP contribution in [0.4, 0.5) is 5.69 Å². The fraction of sp³-hybridized carbons (Fsp3) is 0.278. The average molecular weight is 283 g/mol. The molecule has 21 heavy (non-hydrogen) atoms. The van der Waals surface area contributed by atoms with Gasteiger partial charge in [0, 0.05) is 5.69 Å². The molecule has 110 valence electrons. The van der Waals surface area contributed by atoms with Gasteiger partial charge in [-0.25, -0.2) is 0 Å². The highest BCUT2D eigenvalue weighted by molar-refractivity contribution is 5.93. The summed E-state index contributed by atoms with van der Waals surface area (Å²) in [6.45, 7) is 6.10. The van der Waals surface area contributed by atoms with Gasteiger partial charge >= 0.3 is 0 Å². The van der Waals surface area contributed by atoms with Crippen molar-refractivity contribution in [3.8, 4) is 5.75 Å². The molecule has 0 saturated heterocycles. The molecule has 1 N–H and O–H groups in total. The number of aryl methyl sites for hydroxylation is 3. The van der Waals surface area contributed by atoms with Crippen LogP contribution in [-0.4, -0.2) is 12.5 Å². The molecule has 3 nitrogen and oxygen atoms in total. The van der Waals surface area contributed by atoms with Crippen LogP contribution >= 0.6 is 0 Å². The highest BCUT2D eigenvalue weighted by Crippen LogP contribution is 2.21. The van der Waals surface area contributed by atoms with E-state index in [-0.39, 0.29) is 12.5 Å². The van der Waals surface area contributed by atoms with Gasteiger partial charge in [0.15, 0.2) is 6.61 Å². The van der Waals surface area contributed by atoms with Gasteiger partial charge in [-0.15, -0.1) is 0 Å². The van der Waals surface area contributed by atoms with Gasteiger partial charge in [-0.3, -0.25) is 4.79 Å². The molecule has 0 radical (unpaired) electrons. The summed E-state index contributed by atoms with van der Waals surface area (Å²) < 4.78 is 5.50. The van der Waals surface area contributed by atoms with Crippen LogP contribution in [0.5, 0.6) is 5.75 Å². The minimum Gasteiger partial charge on any atom is -0.484 e. The van der Waals surface area contributed by atoms with Gasteiger partial charge < -0.3 is 10.1 Å². The predicted molar refractivity (Wildman–Crippen MR) is 85.9 cm³/mol. The van der Waals surface area contributed by atoms with Gasteiger partial charge in [-0.2, -0.15) is 0 Å². The Kier molecular flexibility index (Phi) is 4.99. The first kappa shape index (κ1) is 15.1. The molecule has 2 aromatic rings. The molecule has 0 bridgehead atoms. The van der Waals surface area contributed by atoms with Crippen molar-refractivity contribution in [2.24, 2.45) is 0 Å². The maximum absolute atomic E-state index is 12.0. The second-order valence-electron chi connectivity index (χ2n) is 5.11. The molecule has 0 heterocycles. The van der Waals surface area contributed by atoms with E-state index in [1.165, 1.54) is 5.56 Å². The summed E-state index contributed by atoms with van der Waals surface area (Å²) in [5.74, 6) is 0.566. The normalized spacial score (nSPS) is 10.2. The van der Waals surface area contributed by atoms with Crippen molar-refractivity contribution >= 4 is 11.6 Å². The van der Waals surface area contributed by atoms with Crippen molar-refractivity contribution in [3.05, 3.63) is 59.2 Å². The number of rotatable bonds is 5. The zero-order valence-electron chi connectivity index (χ0n) is 12.8. The van der Waals surface area contributed by atoms with E-state index < -0.39 is 0 Å². The largest absolute Gasteiger partial charge is 0.484 e. The molecule has 2 rings (SSSR count). The van der Waals surface area contributed by atoms with Crippen LogP contribution < -0.4 is 10.1 Å². The van der Waals surface area contributed by atoms with Crippen LogP contribution in [-0.2, 0) is 11.2 Å². The molecule has 0 unspecified atom stereocenters. The quantitative estimate of drug-likeness (QED) is 0.904. The third kappa shape index (κ3) is 4.09. The van der Waals surface area contributed by atoms with E-state index >= 15 is 0 Å². The Bertz CT molecular complexity index is 618. The van der Waals surface area contributed by atoms with Gasteiger partial charge in [0.25, 0.3) is 5.91 Å². The van der Waals surface area contributed by atoms with Crippen molar-refractivity contribution in [2.45, 2.75) is 27.2 Å². The van der Waals surface area contributed by atoms with Crippen molar-refractivity contribution in [2.75, 3.05) is 11.9 Å². The lowest BCUT2D eigenvalue weighted by atomic mass is 10.1. The van der Waals surface area contributed by atoms with E-state index in [9.17, 15) is 4.79 Å². The van der Waals surface area contributed by atoms with Crippen LogP contribution in [0.3, 0.4) is 0 Å². The van der Waals surface area contributed by atoms with Gasteiger partial charge in [0.1, 0.15) is 5.75 Å². The number of ether oxygens (including phenoxy) is 1. The van der Waals surface area contributed by atoms with Crippen LogP contribution in [0.2, 0.25) is 0 Å². The maximum Gasteiger partial charge on any atom is 0.262 e. The fourth-order valence-corrected chi connectivity index (χ4v) is 2.16. The highest BCUT2D eigenvalue weighted by Gasteiger charge is 2.09. The number of benzene rings is 2. The maximum atomic E-state index is 12.0. The van der Waals surface area contributed by atoms with E-state index in [2.05, 4.69) is 12.2 Å². The zero-order valence-corrected chi connectivity index (χ0v) is 12.8. The second-order valence-corrected chi connectivity index (χ2v) is 5.11. The molecule has 3 heteroatoms. The fourth-order valence-electron chi connectivity index (χ4n) is 2.16. The summed E-state index contributed by atoms with van der Waals surface area (Å²) in [5, 5.41) is 2.95. The molecule has 0 aliphatic carbocycles. The topological polar surface area (TPSA) is 38.3 Å². The number of hydrogen-bond acceptors (Lipinski definition) is 2. The van der Waals surface area contributed by atoms with Crippen LogP contribution in [0, 0.1) is 13.8 Å². The Morgan fingerprint density at radius 2 is 1.81 bits per heavy atom. The summed E-state index contributed by atoms with van der Waals surface area (Å²) in [4.78, 5) is 12.0. The summed E-state index contributed by atoms with van der Waals surface area (Å²) in [5.41, 5.74) is 4.27. The van der Waals surface area contributed by atoms with Crippen LogP contribution in [0.1, 0.15) is 23.6 Å². The van der Waals surface area contributed by atoms with Crippen molar-refractivity contribution in [1.82, 2.24) is 0 Å². The monoisotopic (exact) mass is 283 g/mol. The first-order chi connectivity index (χ1) is 10.1. The molecule has 0 aliphatic rings. The van der Waals surface area contributed by atoms with Crippen LogP contribution in [0.25, 0.3) is 0 Å². The van der Waals surface area contributed by atoms with Gasteiger partial charge in [-0.05, 0) is 43.5 Å². The third-order valence-corrected chi connectivity index (χ3v) is 3.40. The molecular formula is C18H21NO2. The Labute approximate surface area is 126 Å². The molecule has 0 atom stereocenters. The minimum atomic E-state index is -0.139. The zero-order chi connectivity index (χ0) is 15.2. The predicted octanol–water partition coefficient (Wildman–Crippen LogP) is 3.88. The van der Waals surface area contributed by atoms with Crippen molar-refractivity contribution < 1.29 is 9.53 Å². The van der Waals surface area contributed by atoms with Crippen LogP contribution in [0.15, 0.2) is 42.5 Å². The lowest BCUT2D eigenvalue weighted by Gasteiger charge is -2.13. The Hall–Kier alpha value is -2.29. The number of carbonyl (C=O) groups is 1. The van der Waals surface area contributed by atoms with Crippen molar-refractivity contribution in [1.29, 1.82) is 0 Å². The summed E-state index contributed by atoms with van der Waals surface area (Å²) >= 11 is 0. The summed E-state index contributed by atoms with van der Waals surface area (Å²) in [6.07, 6.45) is 0.885. The van der Waals surface area contributed by atoms with E-state index in [0.29, 0.717) is 5.75 Å². The first-order valence-corrected chi connectivity index (χ1v) is 7.18. The Morgan fingerprint density at radius 1 is 1.10 bits per heavy atom. The molecule has 2 aromatic carbocycles. The summed E-state index contributed by atoms with van der Waals surface area (Å²) in [7, 11) is 0. The molecule has 1 amide bonds. The van der Waals surface area contributed by atoms with Gasteiger partial charge in [0.2, 0.25) is 0 Å². The van der Waals surface area contributed by atoms with E-state index in [4.69, 9.17) is 4.74 Å². The minimum absolute atomic E-state index is 0.0144. The number of hydrogen-bond donors (Lipinski definition) is 1. The number of amides is 1. The van der Waals surface area contributed by atoms with E-state index in [1.54, 1.807) is 0 Å². The molecule has 0 aliphatic heterocycles.